The highest BCUT2D eigenvalue weighted by Gasteiger charge is 2.07. The maximum Gasteiger partial charge on any atom is 0.305 e. The van der Waals surface area contributed by atoms with Crippen LogP contribution >= 0.6 is 11.6 Å². The number of nitrogens with one attached hydrogen (secondary N) is 1. The molecule has 1 N–H and O–H groups in total. The van der Waals surface area contributed by atoms with Crippen LogP contribution in [0.2, 0.25) is 5.28 Å². The van der Waals surface area contributed by atoms with Gasteiger partial charge in [0.05, 0.1) is 6.61 Å². The van der Waals surface area contributed by atoms with Crippen LogP contribution in [0.25, 0.3) is 5.95 Å². The van der Waals surface area contributed by atoms with E-state index in [2.05, 4.69) is 25.3 Å². The van der Waals surface area contributed by atoms with Crippen LogP contribution in [0.1, 0.15) is 19.8 Å². The van der Waals surface area contributed by atoms with Crippen molar-refractivity contribution in [1.82, 2.24) is 24.5 Å². The Bertz CT molecular complexity index is 589. The number of hydrogen-bond acceptors (Lipinski definition) is 7. The van der Waals surface area contributed by atoms with Gasteiger partial charge in [0.1, 0.15) is 6.33 Å². The summed E-state index contributed by atoms with van der Waals surface area (Å²) in [6, 6.07) is 0. The molecule has 0 aliphatic rings. The molecule has 0 saturated carbocycles. The molecular weight excluding hydrogens is 296 g/mol. The zero-order valence-corrected chi connectivity index (χ0v) is 12.2. The summed E-state index contributed by atoms with van der Waals surface area (Å²) in [6.45, 7) is 2.70. The Hall–Kier alpha value is -2.22. The Morgan fingerprint density at radius 3 is 3.00 bits per heavy atom. The number of halogens is 1. The molecule has 0 aromatic carbocycles. The fourth-order valence-corrected chi connectivity index (χ4v) is 1.73. The van der Waals surface area contributed by atoms with Crippen molar-refractivity contribution in [2.24, 2.45) is 0 Å². The van der Waals surface area contributed by atoms with Crippen LogP contribution in [-0.2, 0) is 9.53 Å². The van der Waals surface area contributed by atoms with Gasteiger partial charge < -0.3 is 10.1 Å². The molecule has 0 saturated heterocycles. The molecule has 0 aliphatic carbocycles. The predicted octanol–water partition coefficient (Wildman–Crippen LogP) is 1.47. The van der Waals surface area contributed by atoms with Gasteiger partial charge in [-0.15, -0.1) is 0 Å². The summed E-state index contributed by atoms with van der Waals surface area (Å²) in [5, 5.41) is 3.08. The molecule has 112 valence electrons. The maximum atomic E-state index is 11.2. The van der Waals surface area contributed by atoms with Crippen molar-refractivity contribution in [1.29, 1.82) is 0 Å². The predicted molar refractivity (Wildman–Crippen MR) is 76.3 cm³/mol. The van der Waals surface area contributed by atoms with Crippen molar-refractivity contribution in [2.75, 3.05) is 18.5 Å². The largest absolute Gasteiger partial charge is 0.466 e. The summed E-state index contributed by atoms with van der Waals surface area (Å²) in [6.07, 6.45) is 5.84. The molecule has 0 atom stereocenters. The molecule has 0 bridgehead atoms. The van der Waals surface area contributed by atoms with Gasteiger partial charge in [0.25, 0.3) is 0 Å². The first kappa shape index (κ1) is 15.2. The average Bonchev–Trinajstić information content (AvgIpc) is 2.97. The Morgan fingerprint density at radius 2 is 2.29 bits per heavy atom. The second kappa shape index (κ2) is 7.53. The van der Waals surface area contributed by atoms with E-state index in [0.717, 1.165) is 0 Å². The number of anilines is 1. The summed E-state index contributed by atoms with van der Waals surface area (Å²) in [7, 11) is 0. The van der Waals surface area contributed by atoms with E-state index in [1.54, 1.807) is 30.2 Å². The molecule has 9 heteroatoms. The minimum atomic E-state index is -0.216. The van der Waals surface area contributed by atoms with Gasteiger partial charge in [0.15, 0.2) is 0 Å². The number of imidazole rings is 1. The van der Waals surface area contributed by atoms with E-state index in [0.29, 0.717) is 37.9 Å². The van der Waals surface area contributed by atoms with Gasteiger partial charge in [-0.25, -0.2) is 4.98 Å². The van der Waals surface area contributed by atoms with E-state index in [9.17, 15) is 4.79 Å². The molecule has 2 heterocycles. The number of carbonyl (C=O) groups excluding carboxylic acids is 1. The van der Waals surface area contributed by atoms with Crippen LogP contribution < -0.4 is 5.32 Å². The fraction of sp³-hybridized carbons (Fsp3) is 0.417. The Balaban J connectivity index is 1.90. The first-order valence-corrected chi connectivity index (χ1v) is 6.86. The summed E-state index contributed by atoms with van der Waals surface area (Å²) >= 11 is 5.86. The molecule has 0 radical (unpaired) electrons. The zero-order chi connectivity index (χ0) is 15.1. The molecule has 0 aliphatic heterocycles. The number of carbonyl (C=O) groups is 1. The van der Waals surface area contributed by atoms with Crippen molar-refractivity contribution >= 4 is 23.5 Å². The lowest BCUT2D eigenvalue weighted by atomic mass is 10.3. The smallest absolute Gasteiger partial charge is 0.305 e. The summed E-state index contributed by atoms with van der Waals surface area (Å²) < 4.78 is 6.46. The van der Waals surface area contributed by atoms with Crippen molar-refractivity contribution in [3.8, 4) is 5.95 Å². The minimum absolute atomic E-state index is 0.0848. The quantitative estimate of drug-likeness (QED) is 0.611. The van der Waals surface area contributed by atoms with Gasteiger partial charge in [-0.3, -0.25) is 9.36 Å². The Kier molecular flexibility index (Phi) is 5.44. The summed E-state index contributed by atoms with van der Waals surface area (Å²) in [4.78, 5) is 27.3. The number of esters is 1. The van der Waals surface area contributed by atoms with Crippen molar-refractivity contribution in [2.45, 2.75) is 19.8 Å². The van der Waals surface area contributed by atoms with E-state index in [-0.39, 0.29) is 11.3 Å². The van der Waals surface area contributed by atoms with Gasteiger partial charge >= 0.3 is 5.97 Å². The van der Waals surface area contributed by atoms with E-state index in [4.69, 9.17) is 16.3 Å². The maximum absolute atomic E-state index is 11.2. The van der Waals surface area contributed by atoms with Crippen LogP contribution in [0.5, 0.6) is 0 Å². The zero-order valence-electron chi connectivity index (χ0n) is 11.5. The molecule has 8 nitrogen and oxygen atoms in total. The normalized spacial score (nSPS) is 10.4. The lowest BCUT2D eigenvalue weighted by Crippen LogP contribution is -2.11. The third-order valence-corrected chi connectivity index (χ3v) is 2.65. The number of nitrogens with zero attached hydrogens (tertiary/aromatic N) is 5. The molecular formula is C12H15ClN6O2. The van der Waals surface area contributed by atoms with E-state index < -0.39 is 0 Å². The van der Waals surface area contributed by atoms with Crippen LogP contribution in [0.15, 0.2) is 18.7 Å². The van der Waals surface area contributed by atoms with Gasteiger partial charge in [-0.05, 0) is 24.9 Å². The first-order chi connectivity index (χ1) is 10.2. The standard InChI is InChI=1S/C12H15ClN6O2/c1-2-21-9(20)4-3-5-15-11-16-10(13)17-12(18-11)19-7-6-14-8-19/h6-8H,2-5H2,1H3,(H,15,16,17,18). The molecule has 2 aromatic rings. The number of ether oxygens (including phenoxy) is 1. The number of aromatic nitrogens is 5. The van der Waals surface area contributed by atoms with Crippen molar-refractivity contribution in [3.05, 3.63) is 24.0 Å². The highest BCUT2D eigenvalue weighted by molar-refractivity contribution is 6.28. The van der Waals surface area contributed by atoms with E-state index in [1.807, 2.05) is 0 Å². The van der Waals surface area contributed by atoms with Gasteiger partial charge in [-0.2, -0.15) is 15.0 Å². The second-order valence-electron chi connectivity index (χ2n) is 4.03. The highest BCUT2D eigenvalue weighted by atomic mass is 35.5. The molecule has 2 aromatic heterocycles. The highest BCUT2D eigenvalue weighted by Crippen LogP contribution is 2.09. The second-order valence-corrected chi connectivity index (χ2v) is 4.37. The van der Waals surface area contributed by atoms with Crippen molar-refractivity contribution in [3.63, 3.8) is 0 Å². The van der Waals surface area contributed by atoms with Crippen molar-refractivity contribution < 1.29 is 9.53 Å². The average molecular weight is 311 g/mol. The first-order valence-electron chi connectivity index (χ1n) is 6.48. The number of rotatable bonds is 7. The molecule has 0 spiro atoms. The van der Waals surface area contributed by atoms with Crippen LogP contribution in [0.3, 0.4) is 0 Å². The molecule has 0 amide bonds. The molecule has 2 rings (SSSR count). The summed E-state index contributed by atoms with van der Waals surface area (Å²) in [5.74, 6) is 0.509. The van der Waals surface area contributed by atoms with Crippen LogP contribution in [0, 0.1) is 0 Å². The Morgan fingerprint density at radius 1 is 1.43 bits per heavy atom. The van der Waals surface area contributed by atoms with E-state index >= 15 is 0 Å². The monoisotopic (exact) mass is 310 g/mol. The third-order valence-electron chi connectivity index (χ3n) is 2.48. The Labute approximate surface area is 126 Å². The third kappa shape index (κ3) is 4.67. The van der Waals surface area contributed by atoms with Crippen LogP contribution in [0.4, 0.5) is 5.95 Å². The fourth-order valence-electron chi connectivity index (χ4n) is 1.58. The van der Waals surface area contributed by atoms with Crippen LogP contribution in [-0.4, -0.2) is 43.6 Å². The SMILES string of the molecule is CCOC(=O)CCCNc1nc(Cl)nc(-n2ccnc2)n1. The van der Waals surface area contributed by atoms with Gasteiger partial charge in [0.2, 0.25) is 17.2 Å². The van der Waals surface area contributed by atoms with E-state index in [1.165, 1.54) is 0 Å². The lowest BCUT2D eigenvalue weighted by Gasteiger charge is -2.07. The van der Waals surface area contributed by atoms with Gasteiger partial charge in [-0.1, -0.05) is 0 Å². The minimum Gasteiger partial charge on any atom is -0.466 e. The topological polar surface area (TPSA) is 94.8 Å². The molecule has 0 fully saturated rings. The number of hydrogen-bond donors (Lipinski definition) is 1. The molecule has 21 heavy (non-hydrogen) atoms. The summed E-state index contributed by atoms with van der Waals surface area (Å²) in [5.41, 5.74) is 0. The van der Waals surface area contributed by atoms with Gasteiger partial charge in [0, 0.05) is 25.4 Å². The lowest BCUT2D eigenvalue weighted by molar-refractivity contribution is -0.143. The molecule has 0 unspecified atom stereocenters.